The maximum Gasteiger partial charge on any atom is 0.261 e. The zero-order valence-electron chi connectivity index (χ0n) is 17.0. The van der Waals surface area contributed by atoms with Gasteiger partial charge in [-0.2, -0.15) is 4.31 Å². The Morgan fingerprint density at radius 3 is 2.27 bits per heavy atom. The Kier molecular flexibility index (Phi) is 7.51. The van der Waals surface area contributed by atoms with Crippen molar-refractivity contribution >= 4 is 31.9 Å². The summed E-state index contributed by atoms with van der Waals surface area (Å²) in [4.78, 5) is 14.7. The number of likely N-dealkylation sites (N-methyl/N-ethyl adjacent to an activating group) is 1. The molecular weight excluding hydrogens is 470 g/mol. The number of benzene rings is 2. The van der Waals surface area contributed by atoms with E-state index in [1.54, 1.807) is 43.3 Å². The molecule has 9 heteroatoms. The average molecular weight is 496 g/mol. The highest BCUT2D eigenvalue weighted by atomic mass is 79.9. The van der Waals surface area contributed by atoms with Crippen LogP contribution in [0, 0.1) is 0 Å². The standard InChI is InChI=1S/C21H26BrN3O4S/c1-16(29-19-7-5-18(22)6-8-19)21(26)23-15-17-3-9-20(10-4-17)30(27,28)25-13-11-24(2)12-14-25/h3-10,16H,11-15H2,1-2H3,(H,23,26). The minimum absolute atomic E-state index is 0.243. The van der Waals surface area contributed by atoms with Crippen LogP contribution < -0.4 is 10.1 Å². The Morgan fingerprint density at radius 1 is 1.07 bits per heavy atom. The van der Waals surface area contributed by atoms with E-state index < -0.39 is 16.1 Å². The second kappa shape index (κ2) is 9.91. The minimum Gasteiger partial charge on any atom is -0.481 e. The van der Waals surface area contributed by atoms with Crippen LogP contribution in [0.15, 0.2) is 57.9 Å². The molecule has 1 saturated heterocycles. The van der Waals surface area contributed by atoms with E-state index >= 15 is 0 Å². The number of carbonyl (C=O) groups is 1. The second-order valence-corrected chi connectivity index (χ2v) is 10.1. The van der Waals surface area contributed by atoms with Crippen LogP contribution in [0.5, 0.6) is 5.75 Å². The number of nitrogens with zero attached hydrogens (tertiary/aromatic N) is 2. The second-order valence-electron chi connectivity index (χ2n) is 7.28. The molecule has 1 N–H and O–H groups in total. The van der Waals surface area contributed by atoms with Gasteiger partial charge in [-0.3, -0.25) is 4.79 Å². The first-order valence-electron chi connectivity index (χ1n) is 9.73. The summed E-state index contributed by atoms with van der Waals surface area (Å²) < 4.78 is 33.6. The first kappa shape index (κ1) is 22.7. The van der Waals surface area contributed by atoms with E-state index in [4.69, 9.17) is 4.74 Å². The van der Waals surface area contributed by atoms with Crippen molar-refractivity contribution < 1.29 is 17.9 Å². The highest BCUT2D eigenvalue weighted by molar-refractivity contribution is 9.10. The van der Waals surface area contributed by atoms with Gasteiger partial charge in [0.15, 0.2) is 6.10 Å². The van der Waals surface area contributed by atoms with Crippen molar-refractivity contribution in [3.8, 4) is 5.75 Å². The van der Waals surface area contributed by atoms with E-state index in [0.717, 1.165) is 23.1 Å². The number of amides is 1. The van der Waals surface area contributed by atoms with Crippen LogP contribution in [0.3, 0.4) is 0 Å². The van der Waals surface area contributed by atoms with Gasteiger partial charge in [-0.25, -0.2) is 8.42 Å². The van der Waals surface area contributed by atoms with Gasteiger partial charge < -0.3 is 15.0 Å². The number of hydrogen-bond acceptors (Lipinski definition) is 5. The molecule has 0 bridgehead atoms. The summed E-state index contributed by atoms with van der Waals surface area (Å²) in [5.41, 5.74) is 0.816. The van der Waals surface area contributed by atoms with Gasteiger partial charge in [0.1, 0.15) is 5.75 Å². The van der Waals surface area contributed by atoms with E-state index in [0.29, 0.717) is 25.4 Å². The van der Waals surface area contributed by atoms with E-state index in [2.05, 4.69) is 26.1 Å². The summed E-state index contributed by atoms with van der Waals surface area (Å²) in [5.74, 6) is 0.367. The van der Waals surface area contributed by atoms with Crippen molar-refractivity contribution in [3.05, 3.63) is 58.6 Å². The molecule has 1 amide bonds. The Morgan fingerprint density at radius 2 is 1.67 bits per heavy atom. The fourth-order valence-electron chi connectivity index (χ4n) is 3.06. The highest BCUT2D eigenvalue weighted by Crippen LogP contribution is 2.19. The molecule has 0 aliphatic carbocycles. The van der Waals surface area contributed by atoms with Gasteiger partial charge in [0.2, 0.25) is 10.0 Å². The van der Waals surface area contributed by atoms with Gasteiger partial charge in [0.05, 0.1) is 4.90 Å². The Hall–Kier alpha value is -1.94. The number of hydrogen-bond donors (Lipinski definition) is 1. The first-order valence-corrected chi connectivity index (χ1v) is 12.0. The molecule has 30 heavy (non-hydrogen) atoms. The zero-order chi connectivity index (χ0) is 21.7. The number of sulfonamides is 1. The third-order valence-electron chi connectivity index (χ3n) is 4.99. The van der Waals surface area contributed by atoms with E-state index in [-0.39, 0.29) is 10.8 Å². The molecule has 0 saturated carbocycles. The number of halogens is 1. The smallest absolute Gasteiger partial charge is 0.261 e. The van der Waals surface area contributed by atoms with Gasteiger partial charge in [-0.05, 0) is 55.9 Å². The third-order valence-corrected chi connectivity index (χ3v) is 7.43. The largest absolute Gasteiger partial charge is 0.481 e. The van der Waals surface area contributed by atoms with Gasteiger partial charge in [-0.15, -0.1) is 0 Å². The van der Waals surface area contributed by atoms with Gasteiger partial charge >= 0.3 is 0 Å². The van der Waals surface area contributed by atoms with Crippen molar-refractivity contribution in [2.45, 2.75) is 24.5 Å². The fourth-order valence-corrected chi connectivity index (χ4v) is 4.75. The minimum atomic E-state index is -3.49. The number of piperazine rings is 1. The van der Waals surface area contributed by atoms with Crippen LogP contribution in [-0.4, -0.2) is 62.9 Å². The number of rotatable bonds is 7. The lowest BCUT2D eigenvalue weighted by molar-refractivity contribution is -0.127. The molecule has 162 valence electrons. The first-order chi connectivity index (χ1) is 14.3. The summed E-state index contributed by atoms with van der Waals surface area (Å²) in [6.07, 6.45) is -0.650. The molecule has 0 radical (unpaired) electrons. The van der Waals surface area contributed by atoms with Crippen molar-refractivity contribution in [2.24, 2.45) is 0 Å². The number of nitrogens with one attached hydrogen (secondary N) is 1. The molecular formula is C21H26BrN3O4S. The lowest BCUT2D eigenvalue weighted by Gasteiger charge is -2.31. The average Bonchev–Trinajstić information content (AvgIpc) is 2.74. The van der Waals surface area contributed by atoms with Crippen molar-refractivity contribution in [1.29, 1.82) is 0 Å². The summed E-state index contributed by atoms with van der Waals surface area (Å²) >= 11 is 3.36. The molecule has 2 aromatic carbocycles. The molecule has 1 unspecified atom stereocenters. The van der Waals surface area contributed by atoms with E-state index in [1.807, 2.05) is 19.2 Å². The molecule has 3 rings (SSSR count). The normalized spacial score (nSPS) is 16.8. The molecule has 0 aromatic heterocycles. The highest BCUT2D eigenvalue weighted by Gasteiger charge is 2.27. The maximum absolute atomic E-state index is 12.8. The van der Waals surface area contributed by atoms with Crippen LogP contribution >= 0.6 is 15.9 Å². The van der Waals surface area contributed by atoms with Crippen LogP contribution in [0.2, 0.25) is 0 Å². The number of carbonyl (C=O) groups excluding carboxylic acids is 1. The monoisotopic (exact) mass is 495 g/mol. The molecule has 7 nitrogen and oxygen atoms in total. The predicted molar refractivity (Wildman–Crippen MR) is 119 cm³/mol. The lowest BCUT2D eigenvalue weighted by Crippen LogP contribution is -2.47. The summed E-state index contributed by atoms with van der Waals surface area (Å²) in [5, 5.41) is 2.82. The molecule has 2 aromatic rings. The number of ether oxygens (including phenoxy) is 1. The predicted octanol–water partition coefficient (Wildman–Crippen LogP) is 2.47. The molecule has 1 heterocycles. The van der Waals surface area contributed by atoms with Crippen LogP contribution in [0.1, 0.15) is 12.5 Å². The summed E-state index contributed by atoms with van der Waals surface area (Å²) in [6, 6.07) is 13.9. The Labute approximate surface area is 186 Å². The van der Waals surface area contributed by atoms with Crippen molar-refractivity contribution in [2.75, 3.05) is 33.2 Å². The summed E-state index contributed by atoms with van der Waals surface area (Å²) in [7, 11) is -1.50. The SMILES string of the molecule is CC(Oc1ccc(Br)cc1)C(=O)NCc1ccc(S(=O)(=O)N2CCN(C)CC2)cc1. The molecule has 1 aliphatic rings. The maximum atomic E-state index is 12.8. The zero-order valence-corrected chi connectivity index (χ0v) is 19.4. The van der Waals surface area contributed by atoms with Crippen molar-refractivity contribution in [3.63, 3.8) is 0 Å². The summed E-state index contributed by atoms with van der Waals surface area (Å²) in [6.45, 7) is 4.41. The van der Waals surface area contributed by atoms with Crippen molar-refractivity contribution in [1.82, 2.24) is 14.5 Å². The fraction of sp³-hybridized carbons (Fsp3) is 0.381. The van der Waals surface area contributed by atoms with Gasteiger partial charge in [0, 0.05) is 37.2 Å². The topological polar surface area (TPSA) is 78.9 Å². The molecule has 1 atom stereocenters. The molecule has 1 aliphatic heterocycles. The molecule has 0 spiro atoms. The van der Waals surface area contributed by atoms with Crippen LogP contribution in [0.25, 0.3) is 0 Å². The lowest BCUT2D eigenvalue weighted by atomic mass is 10.2. The van der Waals surface area contributed by atoms with E-state index in [1.165, 1.54) is 4.31 Å². The Bertz CT molecular complexity index is 957. The molecule has 1 fully saturated rings. The van der Waals surface area contributed by atoms with Crippen LogP contribution in [0.4, 0.5) is 0 Å². The Balaban J connectivity index is 1.53. The van der Waals surface area contributed by atoms with Crippen LogP contribution in [-0.2, 0) is 21.4 Å². The van der Waals surface area contributed by atoms with E-state index in [9.17, 15) is 13.2 Å². The quantitative estimate of drug-likeness (QED) is 0.638. The van der Waals surface area contributed by atoms with Gasteiger partial charge in [-0.1, -0.05) is 28.1 Å². The van der Waals surface area contributed by atoms with Gasteiger partial charge in [0.25, 0.3) is 5.91 Å². The third kappa shape index (κ3) is 5.81.